The first kappa shape index (κ1) is 15.9. The van der Waals surface area contributed by atoms with Gasteiger partial charge in [-0.2, -0.15) is 5.26 Å². The number of allylic oxidation sites excluding steroid dienone is 1. The summed E-state index contributed by atoms with van der Waals surface area (Å²) in [6.45, 7) is 1.99. The number of aromatic nitrogens is 2. The molecule has 6 heteroatoms. The third kappa shape index (κ3) is 2.92. The van der Waals surface area contributed by atoms with Crippen molar-refractivity contribution in [1.29, 1.82) is 5.26 Å². The van der Waals surface area contributed by atoms with E-state index in [4.69, 9.17) is 16.3 Å². The fraction of sp³-hybridized carbons (Fsp3) is 0.111. The van der Waals surface area contributed by atoms with Crippen LogP contribution in [0.3, 0.4) is 0 Å². The van der Waals surface area contributed by atoms with Gasteiger partial charge in [0.15, 0.2) is 11.5 Å². The molecule has 0 spiro atoms. The Bertz CT molecular complexity index is 999. The number of hydrogen-bond donors (Lipinski definition) is 2. The number of H-pyrrole nitrogens is 1. The molecule has 2 N–H and O–H groups in total. The summed E-state index contributed by atoms with van der Waals surface area (Å²) in [4.78, 5) is 7.59. The van der Waals surface area contributed by atoms with Gasteiger partial charge in [0.25, 0.3) is 0 Å². The Morgan fingerprint density at radius 2 is 2.17 bits per heavy atom. The highest BCUT2D eigenvalue weighted by Crippen LogP contribution is 2.36. The lowest BCUT2D eigenvalue weighted by Crippen LogP contribution is -1.88. The molecule has 0 amide bonds. The van der Waals surface area contributed by atoms with Crippen LogP contribution in [0.1, 0.15) is 17.0 Å². The van der Waals surface area contributed by atoms with Crippen molar-refractivity contribution in [3.05, 3.63) is 52.3 Å². The summed E-state index contributed by atoms with van der Waals surface area (Å²) in [5.74, 6) is 0.585. The monoisotopic (exact) mass is 339 g/mol. The highest BCUT2D eigenvalue weighted by Gasteiger charge is 2.11. The van der Waals surface area contributed by atoms with Gasteiger partial charge >= 0.3 is 0 Å². The summed E-state index contributed by atoms with van der Waals surface area (Å²) in [7, 11) is 1.44. The van der Waals surface area contributed by atoms with Crippen molar-refractivity contribution in [1.82, 2.24) is 9.97 Å². The number of nitriles is 1. The van der Waals surface area contributed by atoms with E-state index in [2.05, 4.69) is 16.0 Å². The van der Waals surface area contributed by atoms with Gasteiger partial charge in [0.1, 0.15) is 11.9 Å². The highest BCUT2D eigenvalue weighted by atomic mass is 35.5. The molecule has 3 aromatic rings. The lowest BCUT2D eigenvalue weighted by molar-refractivity contribution is 0.373. The molecule has 5 nitrogen and oxygen atoms in total. The van der Waals surface area contributed by atoms with Crippen LogP contribution in [0.2, 0.25) is 5.02 Å². The summed E-state index contributed by atoms with van der Waals surface area (Å²) in [6.07, 6.45) is 1.64. The summed E-state index contributed by atoms with van der Waals surface area (Å²) in [6, 6.07) is 11.1. The van der Waals surface area contributed by atoms with Crippen LogP contribution in [0, 0.1) is 18.3 Å². The molecular formula is C18H14ClN3O2. The van der Waals surface area contributed by atoms with Crippen LogP contribution >= 0.6 is 11.6 Å². The Labute approximate surface area is 143 Å². The molecule has 0 saturated heterocycles. The van der Waals surface area contributed by atoms with Gasteiger partial charge in [-0.3, -0.25) is 0 Å². The molecule has 0 saturated carbocycles. The number of ether oxygens (including phenoxy) is 1. The van der Waals surface area contributed by atoms with Gasteiger partial charge < -0.3 is 14.8 Å². The molecule has 1 heterocycles. The van der Waals surface area contributed by atoms with Gasteiger partial charge in [0.05, 0.1) is 28.7 Å². The first-order chi connectivity index (χ1) is 11.5. The Hall–Kier alpha value is -2.97. The normalized spacial score (nSPS) is 11.5. The number of phenols is 1. The number of aromatic amines is 1. The Morgan fingerprint density at radius 1 is 1.38 bits per heavy atom. The topological polar surface area (TPSA) is 81.9 Å². The fourth-order valence-electron chi connectivity index (χ4n) is 2.40. The second-order valence-electron chi connectivity index (χ2n) is 5.33. The van der Waals surface area contributed by atoms with E-state index in [0.717, 1.165) is 16.6 Å². The average Bonchev–Trinajstić information content (AvgIpc) is 2.98. The molecule has 0 atom stereocenters. The maximum atomic E-state index is 9.79. The van der Waals surface area contributed by atoms with Gasteiger partial charge in [0.2, 0.25) is 0 Å². The van der Waals surface area contributed by atoms with Crippen molar-refractivity contribution in [3.8, 4) is 17.6 Å². The molecule has 0 aliphatic carbocycles. The predicted molar refractivity (Wildman–Crippen MR) is 94.0 cm³/mol. The number of nitrogens with one attached hydrogen (secondary N) is 1. The van der Waals surface area contributed by atoms with Crippen molar-refractivity contribution in [2.45, 2.75) is 6.92 Å². The number of phenolic OH excluding ortho intramolecular Hbond substituents is 1. The summed E-state index contributed by atoms with van der Waals surface area (Å²) < 4.78 is 5.08. The van der Waals surface area contributed by atoms with Crippen LogP contribution < -0.4 is 4.74 Å². The number of methoxy groups -OCH3 is 1. The minimum absolute atomic E-state index is 0.131. The molecule has 1 aromatic heterocycles. The zero-order chi connectivity index (χ0) is 17.3. The molecule has 0 unspecified atom stereocenters. The molecule has 0 aliphatic rings. The highest BCUT2D eigenvalue weighted by molar-refractivity contribution is 6.32. The minimum Gasteiger partial charge on any atom is -0.503 e. The van der Waals surface area contributed by atoms with Crippen molar-refractivity contribution in [2.24, 2.45) is 0 Å². The van der Waals surface area contributed by atoms with E-state index in [-0.39, 0.29) is 16.5 Å². The maximum absolute atomic E-state index is 9.79. The summed E-state index contributed by atoms with van der Waals surface area (Å²) >= 11 is 5.99. The third-order valence-corrected chi connectivity index (χ3v) is 3.88. The first-order valence-electron chi connectivity index (χ1n) is 7.17. The van der Waals surface area contributed by atoms with E-state index in [1.54, 1.807) is 18.2 Å². The first-order valence-corrected chi connectivity index (χ1v) is 7.54. The van der Waals surface area contributed by atoms with E-state index in [1.165, 1.54) is 7.11 Å². The summed E-state index contributed by atoms with van der Waals surface area (Å²) in [5, 5.41) is 19.4. The number of hydrogen-bond acceptors (Lipinski definition) is 4. The van der Waals surface area contributed by atoms with Gasteiger partial charge in [-0.15, -0.1) is 0 Å². The molecule has 0 radical (unpaired) electrons. The number of aryl methyl sites for hydroxylation is 1. The maximum Gasteiger partial charge on any atom is 0.176 e. The van der Waals surface area contributed by atoms with E-state index in [0.29, 0.717) is 17.0 Å². The van der Waals surface area contributed by atoms with Crippen LogP contribution in [0.5, 0.6) is 11.5 Å². The molecule has 120 valence electrons. The van der Waals surface area contributed by atoms with E-state index < -0.39 is 0 Å². The van der Waals surface area contributed by atoms with Crippen LogP contribution in [0.4, 0.5) is 0 Å². The molecular weight excluding hydrogens is 326 g/mol. The van der Waals surface area contributed by atoms with E-state index in [1.807, 2.05) is 25.1 Å². The van der Waals surface area contributed by atoms with Crippen LogP contribution in [-0.2, 0) is 0 Å². The van der Waals surface area contributed by atoms with Gasteiger partial charge in [0, 0.05) is 0 Å². The van der Waals surface area contributed by atoms with Gasteiger partial charge in [-0.05, 0) is 48.4 Å². The average molecular weight is 340 g/mol. The zero-order valence-corrected chi connectivity index (χ0v) is 13.8. The lowest BCUT2D eigenvalue weighted by atomic mass is 10.1. The van der Waals surface area contributed by atoms with Gasteiger partial charge in [-0.1, -0.05) is 17.7 Å². The molecule has 2 aromatic carbocycles. The molecule has 0 aliphatic heterocycles. The number of halogens is 1. The lowest BCUT2D eigenvalue weighted by Gasteiger charge is -2.06. The predicted octanol–water partition coefficient (Wildman–Crippen LogP) is 4.30. The van der Waals surface area contributed by atoms with E-state index in [9.17, 15) is 10.4 Å². The number of benzene rings is 2. The number of imidazole rings is 1. The quantitative estimate of drug-likeness (QED) is 0.697. The van der Waals surface area contributed by atoms with Crippen molar-refractivity contribution in [3.63, 3.8) is 0 Å². The van der Waals surface area contributed by atoms with Crippen LogP contribution in [0.15, 0.2) is 30.3 Å². The van der Waals surface area contributed by atoms with Crippen molar-refractivity contribution < 1.29 is 9.84 Å². The van der Waals surface area contributed by atoms with Gasteiger partial charge in [-0.25, -0.2) is 4.98 Å². The molecule has 3 rings (SSSR count). The Morgan fingerprint density at radius 3 is 2.88 bits per heavy atom. The van der Waals surface area contributed by atoms with E-state index >= 15 is 0 Å². The molecule has 0 bridgehead atoms. The Kier molecular flexibility index (Phi) is 4.15. The molecule has 24 heavy (non-hydrogen) atoms. The number of fused-ring (bicyclic) bond motifs is 1. The zero-order valence-electron chi connectivity index (χ0n) is 13.1. The van der Waals surface area contributed by atoms with Crippen molar-refractivity contribution in [2.75, 3.05) is 7.11 Å². The SMILES string of the molecule is COc1cc(C=C(C#N)c2nc3ccc(C)cc3[nH]2)cc(Cl)c1O. The number of aromatic hydroxyl groups is 1. The number of rotatable bonds is 3. The van der Waals surface area contributed by atoms with Crippen molar-refractivity contribution >= 4 is 34.3 Å². The third-order valence-electron chi connectivity index (χ3n) is 3.59. The largest absolute Gasteiger partial charge is 0.503 e. The van der Waals surface area contributed by atoms with Crippen LogP contribution in [0.25, 0.3) is 22.7 Å². The number of nitrogens with zero attached hydrogens (tertiary/aromatic N) is 2. The summed E-state index contributed by atoms with van der Waals surface area (Å²) in [5.41, 5.74) is 3.75. The van der Waals surface area contributed by atoms with Crippen LogP contribution in [-0.4, -0.2) is 22.2 Å². The second kappa shape index (κ2) is 6.26. The standard InChI is InChI=1S/C18H14ClN3O2/c1-10-3-4-14-15(5-10)22-18(21-14)12(9-20)6-11-7-13(19)17(23)16(8-11)24-2/h3-8,23H,1-2H3,(H,21,22). The second-order valence-corrected chi connectivity index (χ2v) is 5.74. The minimum atomic E-state index is -0.131. The smallest absolute Gasteiger partial charge is 0.176 e. The fourth-order valence-corrected chi connectivity index (χ4v) is 2.62. The Balaban J connectivity index is 2.09. The molecule has 0 fully saturated rings.